The number of hydrogen-bond acceptors (Lipinski definition) is 5. The number of ether oxygens (including phenoxy) is 3. The molecular weight excluding hydrogens is 340 g/mol. The number of carbonyl (C=O) groups is 1. The van der Waals surface area contributed by atoms with E-state index >= 15 is 0 Å². The van der Waals surface area contributed by atoms with Gasteiger partial charge in [-0.05, 0) is 43.3 Å². The van der Waals surface area contributed by atoms with Gasteiger partial charge in [0.05, 0.1) is 32.4 Å². The Morgan fingerprint density at radius 3 is 2.52 bits per heavy atom. The number of allylic oxidation sites excluding steroid dienone is 1. The molecule has 136 valence electrons. The van der Waals surface area contributed by atoms with E-state index in [1.807, 2.05) is 25.1 Å². The summed E-state index contributed by atoms with van der Waals surface area (Å²) in [5.74, 6) is 0.859. The standard InChI is InChI=1S/C18H24N2O4S/c1-5-7-12-15(17(21)24-6-2)16(20-18(25)19-12)11-8-9-13(22-3)14(10-11)23-4/h8-10,16H,5-7H2,1-4H3,(H2,19,20,25)/t16-/m0/s1. The Hall–Kier alpha value is -2.28. The predicted molar refractivity (Wildman–Crippen MR) is 99.7 cm³/mol. The zero-order valence-corrected chi connectivity index (χ0v) is 15.8. The molecule has 7 heteroatoms. The van der Waals surface area contributed by atoms with Gasteiger partial charge in [-0.3, -0.25) is 0 Å². The number of rotatable bonds is 7. The summed E-state index contributed by atoms with van der Waals surface area (Å²) in [5.41, 5.74) is 2.19. The summed E-state index contributed by atoms with van der Waals surface area (Å²) in [6.45, 7) is 4.15. The van der Waals surface area contributed by atoms with Crippen molar-refractivity contribution in [2.24, 2.45) is 0 Å². The van der Waals surface area contributed by atoms with E-state index < -0.39 is 6.04 Å². The van der Waals surface area contributed by atoms with Gasteiger partial charge >= 0.3 is 5.97 Å². The minimum Gasteiger partial charge on any atom is -0.493 e. The summed E-state index contributed by atoms with van der Waals surface area (Å²) in [5, 5.41) is 6.75. The van der Waals surface area contributed by atoms with E-state index in [4.69, 9.17) is 26.4 Å². The Morgan fingerprint density at radius 2 is 1.92 bits per heavy atom. The average Bonchev–Trinajstić information content (AvgIpc) is 2.61. The first-order chi connectivity index (χ1) is 12.0. The molecule has 0 aromatic heterocycles. The third-order valence-electron chi connectivity index (χ3n) is 3.89. The van der Waals surface area contributed by atoms with Crippen LogP contribution >= 0.6 is 12.2 Å². The molecule has 0 saturated heterocycles. The number of esters is 1. The topological polar surface area (TPSA) is 68.8 Å². The Balaban J connectivity index is 2.53. The Morgan fingerprint density at radius 1 is 1.20 bits per heavy atom. The maximum atomic E-state index is 12.6. The molecule has 0 bridgehead atoms. The fraction of sp³-hybridized carbons (Fsp3) is 0.444. The fourth-order valence-corrected chi connectivity index (χ4v) is 3.04. The Bertz CT molecular complexity index is 688. The maximum Gasteiger partial charge on any atom is 0.338 e. The van der Waals surface area contributed by atoms with Gasteiger partial charge in [0.2, 0.25) is 0 Å². The number of methoxy groups -OCH3 is 2. The van der Waals surface area contributed by atoms with E-state index in [-0.39, 0.29) is 5.97 Å². The van der Waals surface area contributed by atoms with Crippen LogP contribution in [-0.4, -0.2) is 31.9 Å². The second kappa shape index (κ2) is 8.71. The molecule has 1 atom stereocenters. The van der Waals surface area contributed by atoms with Gasteiger partial charge in [0.1, 0.15) is 0 Å². The molecule has 0 saturated carbocycles. The molecule has 1 aromatic carbocycles. The van der Waals surface area contributed by atoms with Gasteiger partial charge in [-0.1, -0.05) is 19.4 Å². The fourth-order valence-electron chi connectivity index (χ4n) is 2.80. The Labute approximate surface area is 153 Å². The molecule has 0 spiro atoms. The zero-order chi connectivity index (χ0) is 18.4. The highest BCUT2D eigenvalue weighted by molar-refractivity contribution is 7.80. The van der Waals surface area contributed by atoms with Crippen LogP contribution in [0.25, 0.3) is 0 Å². The van der Waals surface area contributed by atoms with Crippen LogP contribution in [0.4, 0.5) is 0 Å². The molecule has 0 amide bonds. The van der Waals surface area contributed by atoms with Crippen LogP contribution in [0.3, 0.4) is 0 Å². The SMILES string of the molecule is CCCC1=C(C(=O)OCC)[C@H](c2ccc(OC)c(OC)c2)NC(=S)N1. The zero-order valence-electron chi connectivity index (χ0n) is 15.0. The van der Waals surface area contributed by atoms with E-state index in [1.54, 1.807) is 21.1 Å². The van der Waals surface area contributed by atoms with Crippen LogP contribution in [0.15, 0.2) is 29.5 Å². The minimum atomic E-state index is -0.408. The van der Waals surface area contributed by atoms with Crippen molar-refractivity contribution in [3.05, 3.63) is 35.0 Å². The van der Waals surface area contributed by atoms with Crippen LogP contribution in [0.1, 0.15) is 38.3 Å². The second-order valence-electron chi connectivity index (χ2n) is 5.51. The first kappa shape index (κ1) is 19.1. The average molecular weight is 364 g/mol. The molecule has 0 unspecified atom stereocenters. The van der Waals surface area contributed by atoms with Crippen LogP contribution in [0.2, 0.25) is 0 Å². The number of nitrogens with one attached hydrogen (secondary N) is 2. The van der Waals surface area contributed by atoms with Gasteiger partial charge in [0.15, 0.2) is 16.6 Å². The first-order valence-corrected chi connectivity index (χ1v) is 8.66. The highest BCUT2D eigenvalue weighted by Gasteiger charge is 2.32. The number of hydrogen-bond donors (Lipinski definition) is 2. The summed E-state index contributed by atoms with van der Waals surface area (Å²) in [7, 11) is 3.16. The van der Waals surface area contributed by atoms with Crippen LogP contribution in [0.5, 0.6) is 11.5 Å². The lowest BCUT2D eigenvalue weighted by atomic mass is 9.93. The normalized spacial score (nSPS) is 16.8. The highest BCUT2D eigenvalue weighted by atomic mass is 32.1. The molecule has 0 radical (unpaired) electrons. The highest BCUT2D eigenvalue weighted by Crippen LogP contribution is 2.35. The minimum absolute atomic E-state index is 0.310. The van der Waals surface area contributed by atoms with Crippen molar-refractivity contribution in [3.8, 4) is 11.5 Å². The third kappa shape index (κ3) is 4.22. The molecule has 1 aromatic rings. The van der Waals surface area contributed by atoms with Crippen molar-refractivity contribution in [1.82, 2.24) is 10.6 Å². The van der Waals surface area contributed by atoms with E-state index in [0.29, 0.717) is 35.2 Å². The van der Waals surface area contributed by atoms with Crippen molar-refractivity contribution < 1.29 is 19.0 Å². The lowest BCUT2D eigenvalue weighted by Gasteiger charge is -2.31. The predicted octanol–water partition coefficient (Wildman–Crippen LogP) is 2.84. The van der Waals surface area contributed by atoms with Gasteiger partial charge in [-0.25, -0.2) is 4.79 Å². The lowest BCUT2D eigenvalue weighted by molar-refractivity contribution is -0.139. The van der Waals surface area contributed by atoms with Crippen molar-refractivity contribution >= 4 is 23.3 Å². The largest absolute Gasteiger partial charge is 0.493 e. The summed E-state index contributed by atoms with van der Waals surface area (Å²) in [6, 6.07) is 5.13. The molecule has 0 fully saturated rings. The number of thiocarbonyl (C=S) groups is 1. The van der Waals surface area contributed by atoms with Gasteiger partial charge in [-0.2, -0.15) is 0 Å². The van der Waals surface area contributed by atoms with Gasteiger partial charge in [0, 0.05) is 5.70 Å². The molecular formula is C18H24N2O4S. The van der Waals surface area contributed by atoms with Crippen LogP contribution < -0.4 is 20.1 Å². The van der Waals surface area contributed by atoms with Gasteiger partial charge in [0.25, 0.3) is 0 Å². The van der Waals surface area contributed by atoms with E-state index in [9.17, 15) is 4.79 Å². The van der Waals surface area contributed by atoms with Crippen molar-refractivity contribution in [2.75, 3.05) is 20.8 Å². The van der Waals surface area contributed by atoms with Crippen molar-refractivity contribution in [3.63, 3.8) is 0 Å². The molecule has 2 N–H and O–H groups in total. The molecule has 25 heavy (non-hydrogen) atoms. The molecule has 6 nitrogen and oxygen atoms in total. The summed E-state index contributed by atoms with van der Waals surface area (Å²) in [6.07, 6.45) is 1.59. The monoisotopic (exact) mass is 364 g/mol. The van der Waals surface area contributed by atoms with Gasteiger partial charge in [-0.15, -0.1) is 0 Å². The number of benzene rings is 1. The maximum absolute atomic E-state index is 12.6. The second-order valence-corrected chi connectivity index (χ2v) is 5.92. The van der Waals surface area contributed by atoms with E-state index in [1.165, 1.54) is 0 Å². The lowest BCUT2D eigenvalue weighted by Crippen LogP contribution is -2.45. The van der Waals surface area contributed by atoms with Gasteiger partial charge < -0.3 is 24.8 Å². The summed E-state index contributed by atoms with van der Waals surface area (Å²) in [4.78, 5) is 12.6. The molecule has 1 aliphatic rings. The smallest absolute Gasteiger partial charge is 0.338 e. The van der Waals surface area contributed by atoms with Crippen molar-refractivity contribution in [1.29, 1.82) is 0 Å². The molecule has 2 rings (SSSR count). The number of carbonyl (C=O) groups excluding carboxylic acids is 1. The third-order valence-corrected chi connectivity index (χ3v) is 4.11. The summed E-state index contributed by atoms with van der Waals surface area (Å²) >= 11 is 5.32. The Kier molecular flexibility index (Phi) is 6.64. The summed E-state index contributed by atoms with van der Waals surface area (Å²) < 4.78 is 15.9. The first-order valence-electron chi connectivity index (χ1n) is 8.25. The molecule has 1 aliphatic heterocycles. The van der Waals surface area contributed by atoms with E-state index in [0.717, 1.165) is 17.7 Å². The molecule has 1 heterocycles. The van der Waals surface area contributed by atoms with Crippen LogP contribution in [-0.2, 0) is 9.53 Å². The van der Waals surface area contributed by atoms with E-state index in [2.05, 4.69) is 10.6 Å². The quantitative estimate of drug-likeness (QED) is 0.569. The van der Waals surface area contributed by atoms with Crippen LogP contribution in [0, 0.1) is 0 Å². The van der Waals surface area contributed by atoms with Crippen molar-refractivity contribution in [2.45, 2.75) is 32.7 Å². The molecule has 0 aliphatic carbocycles.